The first-order valence-electron chi connectivity index (χ1n) is 4.16. The smallest absolute Gasteiger partial charge is 0.251 e. The summed E-state index contributed by atoms with van der Waals surface area (Å²) in [6.45, 7) is 0. The fourth-order valence-electron chi connectivity index (χ4n) is 1.02. The third-order valence-electron chi connectivity index (χ3n) is 1.75. The number of hydrogen-bond acceptors (Lipinski definition) is 2. The molecule has 3 nitrogen and oxygen atoms in total. The van der Waals surface area contributed by atoms with Crippen LogP contribution in [-0.4, -0.2) is 13.0 Å². The van der Waals surface area contributed by atoms with Crippen LogP contribution in [0.1, 0.15) is 15.9 Å². The summed E-state index contributed by atoms with van der Waals surface area (Å²) in [7, 11) is 1.59. The molecule has 0 aromatic heterocycles. The van der Waals surface area contributed by atoms with Gasteiger partial charge in [0.1, 0.15) is 0 Å². The number of hydrogen-bond donors (Lipinski definition) is 1. The van der Waals surface area contributed by atoms with Crippen LogP contribution in [0, 0.1) is 11.3 Å². The molecule has 0 saturated heterocycles. The van der Waals surface area contributed by atoms with Gasteiger partial charge in [-0.1, -0.05) is 12.1 Å². The van der Waals surface area contributed by atoms with E-state index in [0.29, 0.717) is 5.56 Å². The molecule has 0 fully saturated rings. The Hall–Kier alpha value is -2.08. The maximum absolute atomic E-state index is 11.2. The first kappa shape index (κ1) is 10.0. The van der Waals surface area contributed by atoms with Gasteiger partial charge >= 0.3 is 0 Å². The van der Waals surface area contributed by atoms with E-state index in [1.165, 1.54) is 6.08 Å². The number of allylic oxidation sites excluding steroid dienone is 1. The highest BCUT2D eigenvalue weighted by molar-refractivity contribution is 5.94. The van der Waals surface area contributed by atoms with E-state index >= 15 is 0 Å². The quantitative estimate of drug-likeness (QED) is 0.713. The molecule has 1 aromatic carbocycles. The van der Waals surface area contributed by atoms with Crippen LogP contribution in [0.4, 0.5) is 0 Å². The first-order valence-corrected chi connectivity index (χ1v) is 4.16. The number of nitrogens with zero attached hydrogens (tertiary/aromatic N) is 1. The standard InChI is InChI=1S/C11H10N2O/c1-13-11(14)10-6-4-9(5-7-10)3-2-8-12/h2-7H,1H3,(H,13,14). The van der Waals surface area contributed by atoms with Crippen molar-refractivity contribution in [1.29, 1.82) is 5.26 Å². The molecular formula is C11H10N2O. The minimum atomic E-state index is -0.110. The van der Waals surface area contributed by atoms with Crippen LogP contribution in [0.25, 0.3) is 6.08 Å². The summed E-state index contributed by atoms with van der Waals surface area (Å²) in [5.41, 5.74) is 1.51. The van der Waals surface area contributed by atoms with Gasteiger partial charge in [-0.25, -0.2) is 0 Å². The summed E-state index contributed by atoms with van der Waals surface area (Å²) in [6.07, 6.45) is 3.09. The average molecular weight is 186 g/mol. The number of nitrogens with one attached hydrogen (secondary N) is 1. The maximum atomic E-state index is 11.2. The molecule has 0 bridgehead atoms. The van der Waals surface area contributed by atoms with Gasteiger partial charge in [0, 0.05) is 18.7 Å². The van der Waals surface area contributed by atoms with Crippen molar-refractivity contribution in [3.05, 3.63) is 41.5 Å². The van der Waals surface area contributed by atoms with E-state index in [9.17, 15) is 4.79 Å². The van der Waals surface area contributed by atoms with Gasteiger partial charge in [0.15, 0.2) is 0 Å². The van der Waals surface area contributed by atoms with Crippen LogP contribution in [0.2, 0.25) is 0 Å². The molecule has 0 saturated carbocycles. The SMILES string of the molecule is CNC(=O)c1ccc(C=CC#N)cc1. The molecule has 0 aliphatic rings. The van der Waals surface area contributed by atoms with Gasteiger partial charge < -0.3 is 5.32 Å². The molecule has 14 heavy (non-hydrogen) atoms. The van der Waals surface area contributed by atoms with Crippen molar-refractivity contribution in [3.8, 4) is 6.07 Å². The van der Waals surface area contributed by atoms with Crippen LogP contribution in [0.3, 0.4) is 0 Å². The second-order valence-corrected chi connectivity index (χ2v) is 2.66. The van der Waals surface area contributed by atoms with Crippen LogP contribution in [0.15, 0.2) is 30.3 Å². The normalized spacial score (nSPS) is 9.71. The van der Waals surface area contributed by atoms with Gasteiger partial charge in [-0.05, 0) is 23.8 Å². The summed E-state index contributed by atoms with van der Waals surface area (Å²) in [6, 6.07) is 8.92. The molecular weight excluding hydrogens is 176 g/mol. The summed E-state index contributed by atoms with van der Waals surface area (Å²) in [4.78, 5) is 11.2. The Morgan fingerprint density at radius 3 is 2.57 bits per heavy atom. The summed E-state index contributed by atoms with van der Waals surface area (Å²) in [5, 5.41) is 10.8. The highest BCUT2D eigenvalue weighted by atomic mass is 16.1. The maximum Gasteiger partial charge on any atom is 0.251 e. The largest absolute Gasteiger partial charge is 0.355 e. The Morgan fingerprint density at radius 1 is 1.43 bits per heavy atom. The molecule has 0 spiro atoms. The lowest BCUT2D eigenvalue weighted by atomic mass is 10.1. The Kier molecular flexibility index (Phi) is 3.45. The second kappa shape index (κ2) is 4.83. The van der Waals surface area contributed by atoms with E-state index in [1.54, 1.807) is 37.4 Å². The van der Waals surface area contributed by atoms with Crippen molar-refractivity contribution in [1.82, 2.24) is 5.32 Å². The van der Waals surface area contributed by atoms with Crippen molar-refractivity contribution in [3.63, 3.8) is 0 Å². The van der Waals surface area contributed by atoms with Gasteiger partial charge in [0.25, 0.3) is 5.91 Å². The van der Waals surface area contributed by atoms with Crippen molar-refractivity contribution in [2.24, 2.45) is 0 Å². The Bertz CT molecular complexity index is 385. The Labute approximate surface area is 82.7 Å². The lowest BCUT2D eigenvalue weighted by Gasteiger charge is -1.99. The number of amides is 1. The molecule has 70 valence electrons. The lowest BCUT2D eigenvalue weighted by Crippen LogP contribution is -2.17. The topological polar surface area (TPSA) is 52.9 Å². The van der Waals surface area contributed by atoms with E-state index < -0.39 is 0 Å². The molecule has 1 amide bonds. The average Bonchev–Trinajstić information content (AvgIpc) is 2.26. The van der Waals surface area contributed by atoms with E-state index in [0.717, 1.165) is 5.56 Å². The van der Waals surface area contributed by atoms with Gasteiger partial charge in [0.05, 0.1) is 6.07 Å². The van der Waals surface area contributed by atoms with Crippen molar-refractivity contribution >= 4 is 12.0 Å². The predicted octanol–water partition coefficient (Wildman–Crippen LogP) is 1.58. The number of rotatable bonds is 2. The highest BCUT2D eigenvalue weighted by Crippen LogP contribution is 2.05. The molecule has 1 aromatic rings. The van der Waals surface area contributed by atoms with Crippen LogP contribution in [-0.2, 0) is 0 Å². The molecule has 0 aliphatic carbocycles. The molecule has 0 heterocycles. The van der Waals surface area contributed by atoms with E-state index in [2.05, 4.69) is 5.32 Å². The number of nitriles is 1. The summed E-state index contributed by atoms with van der Waals surface area (Å²) < 4.78 is 0. The fourth-order valence-corrected chi connectivity index (χ4v) is 1.02. The summed E-state index contributed by atoms with van der Waals surface area (Å²) >= 11 is 0. The third-order valence-corrected chi connectivity index (χ3v) is 1.75. The number of benzene rings is 1. The number of carbonyl (C=O) groups is 1. The Morgan fingerprint density at radius 2 is 2.07 bits per heavy atom. The van der Waals surface area contributed by atoms with Crippen LogP contribution in [0.5, 0.6) is 0 Å². The zero-order chi connectivity index (χ0) is 10.4. The predicted molar refractivity (Wildman–Crippen MR) is 54.5 cm³/mol. The molecule has 3 heteroatoms. The minimum absolute atomic E-state index is 0.110. The van der Waals surface area contributed by atoms with Crippen LogP contribution >= 0.6 is 0 Å². The Balaban J connectivity index is 2.85. The van der Waals surface area contributed by atoms with Crippen molar-refractivity contribution < 1.29 is 4.79 Å². The van der Waals surface area contributed by atoms with Gasteiger partial charge in [-0.15, -0.1) is 0 Å². The summed E-state index contributed by atoms with van der Waals surface area (Å²) in [5.74, 6) is -0.110. The van der Waals surface area contributed by atoms with Gasteiger partial charge in [-0.2, -0.15) is 5.26 Å². The third kappa shape index (κ3) is 2.46. The molecule has 1 rings (SSSR count). The molecule has 1 N–H and O–H groups in total. The second-order valence-electron chi connectivity index (χ2n) is 2.66. The zero-order valence-corrected chi connectivity index (χ0v) is 7.82. The molecule has 0 atom stereocenters. The minimum Gasteiger partial charge on any atom is -0.355 e. The first-order chi connectivity index (χ1) is 6.77. The van der Waals surface area contributed by atoms with Gasteiger partial charge in [-0.3, -0.25) is 4.79 Å². The van der Waals surface area contributed by atoms with Crippen molar-refractivity contribution in [2.75, 3.05) is 7.05 Å². The fraction of sp³-hybridized carbons (Fsp3) is 0.0909. The van der Waals surface area contributed by atoms with E-state index in [-0.39, 0.29) is 5.91 Å². The molecule has 0 unspecified atom stereocenters. The van der Waals surface area contributed by atoms with Crippen LogP contribution < -0.4 is 5.32 Å². The zero-order valence-electron chi connectivity index (χ0n) is 7.82. The molecule has 0 aliphatic heterocycles. The van der Waals surface area contributed by atoms with E-state index in [4.69, 9.17) is 5.26 Å². The van der Waals surface area contributed by atoms with E-state index in [1.807, 2.05) is 6.07 Å². The molecule has 0 radical (unpaired) electrons. The van der Waals surface area contributed by atoms with Gasteiger partial charge in [0.2, 0.25) is 0 Å². The number of carbonyl (C=O) groups excluding carboxylic acids is 1. The van der Waals surface area contributed by atoms with Crippen molar-refractivity contribution in [2.45, 2.75) is 0 Å². The monoisotopic (exact) mass is 186 g/mol. The lowest BCUT2D eigenvalue weighted by molar-refractivity contribution is 0.0963. The highest BCUT2D eigenvalue weighted by Gasteiger charge is 2.00.